The van der Waals surface area contributed by atoms with E-state index in [1.807, 2.05) is 24.3 Å². The molecule has 0 spiro atoms. The summed E-state index contributed by atoms with van der Waals surface area (Å²) < 4.78 is 5.72. The zero-order valence-electron chi connectivity index (χ0n) is 13.2. The molecule has 0 aliphatic rings. The van der Waals surface area contributed by atoms with Gasteiger partial charge in [0.15, 0.2) is 5.58 Å². The molecule has 0 saturated carbocycles. The van der Waals surface area contributed by atoms with E-state index in [2.05, 4.69) is 20.3 Å². The minimum absolute atomic E-state index is 0.149. The van der Waals surface area contributed by atoms with E-state index in [4.69, 9.17) is 4.42 Å². The maximum atomic E-state index is 12.0. The first-order valence-corrected chi connectivity index (χ1v) is 7.78. The highest BCUT2D eigenvalue weighted by Crippen LogP contribution is 2.23. The third-order valence-corrected chi connectivity index (χ3v) is 3.77. The molecule has 6 nitrogen and oxygen atoms in total. The van der Waals surface area contributed by atoms with Gasteiger partial charge in [-0.3, -0.25) is 14.8 Å². The van der Waals surface area contributed by atoms with E-state index < -0.39 is 0 Å². The van der Waals surface area contributed by atoms with Crippen molar-refractivity contribution in [1.82, 2.24) is 20.3 Å². The number of carbonyl (C=O) groups excluding carboxylic acids is 1. The molecule has 0 saturated heterocycles. The molecule has 3 heterocycles. The second-order valence-electron chi connectivity index (χ2n) is 5.48. The molecule has 4 aromatic rings. The molecule has 1 amide bonds. The lowest BCUT2D eigenvalue weighted by Crippen LogP contribution is -2.22. The molecule has 0 unspecified atom stereocenters. The van der Waals surface area contributed by atoms with Crippen molar-refractivity contribution in [3.8, 4) is 11.5 Å². The molecule has 0 aliphatic heterocycles. The molecule has 0 fully saturated rings. The molecule has 0 aliphatic carbocycles. The fraction of sp³-hybridized carbons (Fsp3) is 0.0526. The summed E-state index contributed by atoms with van der Waals surface area (Å²) in [5.74, 6) is 0.401. The molecule has 25 heavy (non-hydrogen) atoms. The fourth-order valence-corrected chi connectivity index (χ4v) is 2.45. The Balaban J connectivity index is 1.46. The number of amides is 1. The van der Waals surface area contributed by atoms with Gasteiger partial charge in [-0.05, 0) is 29.8 Å². The van der Waals surface area contributed by atoms with Crippen molar-refractivity contribution in [2.24, 2.45) is 0 Å². The van der Waals surface area contributed by atoms with Crippen LogP contribution in [-0.4, -0.2) is 20.9 Å². The Hall–Kier alpha value is -3.54. The van der Waals surface area contributed by atoms with Crippen LogP contribution in [0.4, 0.5) is 0 Å². The summed E-state index contributed by atoms with van der Waals surface area (Å²) in [5, 5.41) is 2.87. The highest BCUT2D eigenvalue weighted by molar-refractivity contribution is 5.93. The van der Waals surface area contributed by atoms with E-state index in [0.717, 1.165) is 16.6 Å². The summed E-state index contributed by atoms with van der Waals surface area (Å²) in [6, 6.07) is 13.0. The standard InChI is InChI=1S/C19H14N4O2/c24-18(15-2-1-8-20-11-15)22-10-13-3-5-14(6-4-13)19-23-16-12-21-9-7-17(16)25-19/h1-9,11-12H,10H2,(H,22,24). The van der Waals surface area contributed by atoms with Crippen LogP contribution in [0.25, 0.3) is 22.6 Å². The van der Waals surface area contributed by atoms with Gasteiger partial charge in [0.2, 0.25) is 5.89 Å². The smallest absolute Gasteiger partial charge is 0.253 e. The normalized spacial score (nSPS) is 10.7. The number of rotatable bonds is 4. The quantitative estimate of drug-likeness (QED) is 0.621. The molecule has 6 heteroatoms. The van der Waals surface area contributed by atoms with Crippen LogP contribution in [0.3, 0.4) is 0 Å². The van der Waals surface area contributed by atoms with Crippen LogP contribution in [0.15, 0.2) is 71.7 Å². The number of pyridine rings is 2. The zero-order valence-corrected chi connectivity index (χ0v) is 13.2. The number of nitrogens with one attached hydrogen (secondary N) is 1. The summed E-state index contributed by atoms with van der Waals surface area (Å²) in [5.41, 5.74) is 3.83. The lowest BCUT2D eigenvalue weighted by Gasteiger charge is -2.05. The molecule has 0 bridgehead atoms. The fourth-order valence-electron chi connectivity index (χ4n) is 2.45. The summed E-state index contributed by atoms with van der Waals surface area (Å²) in [7, 11) is 0. The van der Waals surface area contributed by atoms with Gasteiger partial charge in [-0.25, -0.2) is 4.98 Å². The number of hydrogen-bond acceptors (Lipinski definition) is 5. The van der Waals surface area contributed by atoms with Gasteiger partial charge in [-0.1, -0.05) is 12.1 Å². The molecular formula is C19H14N4O2. The van der Waals surface area contributed by atoms with Crippen molar-refractivity contribution in [3.05, 3.63) is 78.4 Å². The van der Waals surface area contributed by atoms with Crippen LogP contribution in [0.2, 0.25) is 0 Å². The molecule has 3 aromatic heterocycles. The Morgan fingerprint density at radius 1 is 1.00 bits per heavy atom. The van der Waals surface area contributed by atoms with Crippen molar-refractivity contribution < 1.29 is 9.21 Å². The highest BCUT2D eigenvalue weighted by atomic mass is 16.3. The van der Waals surface area contributed by atoms with Crippen molar-refractivity contribution in [3.63, 3.8) is 0 Å². The molecule has 122 valence electrons. The lowest BCUT2D eigenvalue weighted by molar-refractivity contribution is 0.0950. The monoisotopic (exact) mass is 330 g/mol. The van der Waals surface area contributed by atoms with Crippen LogP contribution in [-0.2, 0) is 6.54 Å². The third-order valence-electron chi connectivity index (χ3n) is 3.77. The van der Waals surface area contributed by atoms with Crippen molar-refractivity contribution in [2.75, 3.05) is 0 Å². The first-order valence-electron chi connectivity index (χ1n) is 7.78. The number of benzene rings is 1. The topological polar surface area (TPSA) is 80.9 Å². The van der Waals surface area contributed by atoms with Crippen molar-refractivity contribution in [2.45, 2.75) is 6.54 Å². The van der Waals surface area contributed by atoms with E-state index in [0.29, 0.717) is 23.6 Å². The minimum atomic E-state index is -0.149. The number of fused-ring (bicyclic) bond motifs is 1. The summed E-state index contributed by atoms with van der Waals surface area (Å²) in [4.78, 5) is 24.4. The second-order valence-corrected chi connectivity index (χ2v) is 5.48. The molecular weight excluding hydrogens is 316 g/mol. The maximum absolute atomic E-state index is 12.0. The molecule has 0 atom stereocenters. The lowest BCUT2D eigenvalue weighted by atomic mass is 10.1. The predicted octanol–water partition coefficient (Wildman–Crippen LogP) is 3.21. The van der Waals surface area contributed by atoms with Crippen LogP contribution in [0.1, 0.15) is 15.9 Å². The Kier molecular flexibility index (Phi) is 3.92. The van der Waals surface area contributed by atoms with Gasteiger partial charge in [-0.15, -0.1) is 0 Å². The average molecular weight is 330 g/mol. The number of hydrogen-bond donors (Lipinski definition) is 1. The number of aromatic nitrogens is 3. The van der Waals surface area contributed by atoms with Gasteiger partial charge in [0.25, 0.3) is 5.91 Å². The van der Waals surface area contributed by atoms with Gasteiger partial charge in [0.1, 0.15) is 5.52 Å². The SMILES string of the molecule is O=C(NCc1ccc(-c2nc3cnccc3o2)cc1)c1cccnc1. The predicted molar refractivity (Wildman–Crippen MR) is 92.6 cm³/mol. The minimum Gasteiger partial charge on any atom is -0.436 e. The van der Waals surface area contributed by atoms with Crippen molar-refractivity contribution in [1.29, 1.82) is 0 Å². The Morgan fingerprint density at radius 2 is 1.84 bits per heavy atom. The first-order chi connectivity index (χ1) is 12.3. The van der Waals surface area contributed by atoms with Crippen LogP contribution >= 0.6 is 0 Å². The highest BCUT2D eigenvalue weighted by Gasteiger charge is 2.08. The van der Waals surface area contributed by atoms with E-state index >= 15 is 0 Å². The van der Waals surface area contributed by atoms with E-state index in [1.54, 1.807) is 43.0 Å². The van der Waals surface area contributed by atoms with Gasteiger partial charge in [0.05, 0.1) is 11.8 Å². The second kappa shape index (κ2) is 6.52. The number of carbonyl (C=O) groups is 1. The summed E-state index contributed by atoms with van der Waals surface area (Å²) >= 11 is 0. The van der Waals surface area contributed by atoms with Gasteiger partial charge < -0.3 is 9.73 Å². The maximum Gasteiger partial charge on any atom is 0.253 e. The Labute approximate surface area is 143 Å². The summed E-state index contributed by atoms with van der Waals surface area (Å²) in [6.07, 6.45) is 6.52. The van der Waals surface area contributed by atoms with Crippen LogP contribution in [0, 0.1) is 0 Å². The number of nitrogens with zero attached hydrogens (tertiary/aromatic N) is 3. The Morgan fingerprint density at radius 3 is 2.60 bits per heavy atom. The van der Waals surface area contributed by atoms with E-state index in [-0.39, 0.29) is 5.91 Å². The molecule has 1 N–H and O–H groups in total. The van der Waals surface area contributed by atoms with Crippen LogP contribution in [0.5, 0.6) is 0 Å². The Bertz CT molecular complexity index is 977. The number of oxazole rings is 1. The first kappa shape index (κ1) is 15.0. The largest absolute Gasteiger partial charge is 0.436 e. The van der Waals surface area contributed by atoms with E-state index in [9.17, 15) is 4.79 Å². The van der Waals surface area contributed by atoms with Gasteiger partial charge in [0, 0.05) is 36.8 Å². The van der Waals surface area contributed by atoms with Crippen molar-refractivity contribution >= 4 is 17.0 Å². The third kappa shape index (κ3) is 3.23. The van der Waals surface area contributed by atoms with Gasteiger partial charge in [-0.2, -0.15) is 0 Å². The molecule has 0 radical (unpaired) electrons. The van der Waals surface area contributed by atoms with E-state index in [1.165, 1.54) is 0 Å². The van der Waals surface area contributed by atoms with Gasteiger partial charge >= 0.3 is 0 Å². The average Bonchev–Trinajstić information content (AvgIpc) is 3.11. The summed E-state index contributed by atoms with van der Waals surface area (Å²) in [6.45, 7) is 0.436. The molecule has 4 rings (SSSR count). The molecule has 1 aromatic carbocycles. The van der Waals surface area contributed by atoms with Crippen LogP contribution < -0.4 is 5.32 Å². The zero-order chi connectivity index (χ0) is 17.1.